The van der Waals surface area contributed by atoms with Gasteiger partial charge in [0.05, 0.1) is 22.7 Å². The van der Waals surface area contributed by atoms with Gasteiger partial charge in [-0.05, 0) is 30.5 Å². The van der Waals surface area contributed by atoms with Gasteiger partial charge in [-0.15, -0.1) is 0 Å². The van der Waals surface area contributed by atoms with Crippen LogP contribution in [0.1, 0.15) is 23.7 Å². The van der Waals surface area contributed by atoms with Crippen molar-refractivity contribution >= 4 is 29.1 Å². The first kappa shape index (κ1) is 13.7. The molecule has 1 aliphatic rings. The molecular formula is C13H15Cl2NO2. The topological polar surface area (TPSA) is 40.5 Å². The summed E-state index contributed by atoms with van der Waals surface area (Å²) in [7, 11) is 0. The fourth-order valence-electron chi connectivity index (χ4n) is 2.33. The molecule has 0 aromatic heterocycles. The smallest absolute Gasteiger partial charge is 0.254 e. The number of benzene rings is 1. The molecule has 1 fully saturated rings. The van der Waals surface area contributed by atoms with E-state index in [2.05, 4.69) is 0 Å². The zero-order valence-corrected chi connectivity index (χ0v) is 11.6. The van der Waals surface area contributed by atoms with Gasteiger partial charge in [0, 0.05) is 12.1 Å². The SMILES string of the molecule is CC1CCN(C(=O)c2ccc(Cl)c(Cl)c2)C1CO. The van der Waals surface area contributed by atoms with E-state index in [4.69, 9.17) is 23.2 Å². The molecule has 18 heavy (non-hydrogen) atoms. The van der Waals surface area contributed by atoms with Crippen LogP contribution in [0.3, 0.4) is 0 Å². The van der Waals surface area contributed by atoms with Crippen LogP contribution in [-0.4, -0.2) is 35.1 Å². The number of aliphatic hydroxyl groups is 1. The molecule has 1 saturated heterocycles. The maximum atomic E-state index is 12.3. The van der Waals surface area contributed by atoms with Crippen molar-refractivity contribution in [2.75, 3.05) is 13.2 Å². The number of aliphatic hydroxyl groups excluding tert-OH is 1. The van der Waals surface area contributed by atoms with Crippen LogP contribution < -0.4 is 0 Å². The second-order valence-corrected chi connectivity index (χ2v) is 5.46. The minimum absolute atomic E-state index is 0.00573. The number of hydrogen-bond donors (Lipinski definition) is 1. The zero-order valence-electron chi connectivity index (χ0n) is 10.1. The third kappa shape index (κ3) is 2.48. The van der Waals surface area contributed by atoms with Crippen LogP contribution in [0, 0.1) is 5.92 Å². The predicted molar refractivity (Wildman–Crippen MR) is 72.2 cm³/mol. The highest BCUT2D eigenvalue weighted by Crippen LogP contribution is 2.28. The first-order valence-electron chi connectivity index (χ1n) is 5.91. The van der Waals surface area contributed by atoms with Crippen LogP contribution in [0.5, 0.6) is 0 Å². The highest BCUT2D eigenvalue weighted by atomic mass is 35.5. The van der Waals surface area contributed by atoms with E-state index in [1.165, 1.54) is 0 Å². The summed E-state index contributed by atoms with van der Waals surface area (Å²) >= 11 is 11.7. The Kier molecular flexibility index (Phi) is 4.15. The number of halogens is 2. The molecule has 5 heteroatoms. The Morgan fingerprint density at radius 2 is 2.17 bits per heavy atom. The summed E-state index contributed by atoms with van der Waals surface area (Å²) in [5.41, 5.74) is 0.511. The molecule has 1 aromatic carbocycles. The summed E-state index contributed by atoms with van der Waals surface area (Å²) in [5, 5.41) is 10.2. The van der Waals surface area contributed by atoms with Gasteiger partial charge >= 0.3 is 0 Å². The molecule has 2 unspecified atom stereocenters. The highest BCUT2D eigenvalue weighted by Gasteiger charge is 2.34. The van der Waals surface area contributed by atoms with Gasteiger partial charge < -0.3 is 10.0 Å². The molecule has 0 aliphatic carbocycles. The van der Waals surface area contributed by atoms with E-state index in [1.807, 2.05) is 6.92 Å². The second kappa shape index (κ2) is 5.47. The molecule has 0 saturated carbocycles. The summed E-state index contributed by atoms with van der Waals surface area (Å²) in [5.74, 6) is 0.221. The molecule has 1 heterocycles. The van der Waals surface area contributed by atoms with Gasteiger partial charge in [-0.2, -0.15) is 0 Å². The van der Waals surface area contributed by atoms with E-state index in [1.54, 1.807) is 23.1 Å². The Morgan fingerprint density at radius 1 is 1.44 bits per heavy atom. The number of carbonyl (C=O) groups excluding carboxylic acids is 1. The molecule has 1 N–H and O–H groups in total. The Balaban J connectivity index is 2.23. The van der Waals surface area contributed by atoms with Crippen molar-refractivity contribution in [3.63, 3.8) is 0 Å². The van der Waals surface area contributed by atoms with E-state index in [9.17, 15) is 9.90 Å². The lowest BCUT2D eigenvalue weighted by atomic mass is 10.0. The van der Waals surface area contributed by atoms with Crippen molar-refractivity contribution < 1.29 is 9.90 Å². The first-order valence-corrected chi connectivity index (χ1v) is 6.67. The van der Waals surface area contributed by atoms with Gasteiger partial charge in [-0.3, -0.25) is 4.79 Å². The minimum Gasteiger partial charge on any atom is -0.394 e. The number of amides is 1. The van der Waals surface area contributed by atoms with Gasteiger partial charge in [0.15, 0.2) is 0 Å². The van der Waals surface area contributed by atoms with Crippen molar-refractivity contribution in [3.8, 4) is 0 Å². The Bertz CT molecular complexity index is 464. The summed E-state index contributed by atoms with van der Waals surface area (Å²) in [4.78, 5) is 14.1. The van der Waals surface area contributed by atoms with Crippen LogP contribution in [0.15, 0.2) is 18.2 Å². The van der Waals surface area contributed by atoms with Crippen molar-refractivity contribution in [3.05, 3.63) is 33.8 Å². The van der Waals surface area contributed by atoms with Crippen LogP contribution in [0.25, 0.3) is 0 Å². The number of likely N-dealkylation sites (tertiary alicyclic amines) is 1. The molecule has 0 spiro atoms. The van der Waals surface area contributed by atoms with Gasteiger partial charge in [0.25, 0.3) is 5.91 Å². The molecule has 0 radical (unpaired) electrons. The van der Waals surface area contributed by atoms with Crippen molar-refractivity contribution in [2.45, 2.75) is 19.4 Å². The van der Waals surface area contributed by atoms with Crippen LogP contribution in [0.2, 0.25) is 10.0 Å². The standard InChI is InChI=1S/C13H15Cl2NO2/c1-8-4-5-16(12(8)7-17)13(18)9-2-3-10(14)11(15)6-9/h2-3,6,8,12,17H,4-5,7H2,1H3. The van der Waals surface area contributed by atoms with Gasteiger partial charge in [0.2, 0.25) is 0 Å². The molecule has 0 bridgehead atoms. The lowest BCUT2D eigenvalue weighted by molar-refractivity contribution is 0.0648. The van der Waals surface area contributed by atoms with E-state index in [0.29, 0.717) is 28.1 Å². The number of hydrogen-bond acceptors (Lipinski definition) is 2. The van der Waals surface area contributed by atoms with Crippen LogP contribution in [0.4, 0.5) is 0 Å². The lowest BCUT2D eigenvalue weighted by Gasteiger charge is -2.25. The fraction of sp³-hybridized carbons (Fsp3) is 0.462. The maximum Gasteiger partial charge on any atom is 0.254 e. The highest BCUT2D eigenvalue weighted by molar-refractivity contribution is 6.42. The average Bonchev–Trinajstić information content (AvgIpc) is 2.73. The van der Waals surface area contributed by atoms with E-state index in [-0.39, 0.29) is 18.6 Å². The Labute approximate surface area is 116 Å². The van der Waals surface area contributed by atoms with Crippen molar-refractivity contribution in [1.29, 1.82) is 0 Å². The Morgan fingerprint density at radius 3 is 2.78 bits per heavy atom. The molecule has 2 rings (SSSR count). The predicted octanol–water partition coefficient (Wildman–Crippen LogP) is 2.84. The van der Waals surface area contributed by atoms with Gasteiger partial charge in [0.1, 0.15) is 0 Å². The largest absolute Gasteiger partial charge is 0.394 e. The molecule has 3 nitrogen and oxygen atoms in total. The molecule has 98 valence electrons. The normalized spacial score (nSPS) is 23.4. The number of rotatable bonds is 2. The summed E-state index contributed by atoms with van der Waals surface area (Å²) in [6.45, 7) is 2.71. The number of nitrogens with zero attached hydrogens (tertiary/aromatic N) is 1. The van der Waals surface area contributed by atoms with E-state index < -0.39 is 0 Å². The molecule has 2 atom stereocenters. The minimum atomic E-state index is -0.105. The number of carbonyl (C=O) groups is 1. The molecule has 1 aromatic rings. The summed E-state index contributed by atoms with van der Waals surface area (Å²) in [6.07, 6.45) is 0.915. The maximum absolute atomic E-state index is 12.3. The third-order valence-electron chi connectivity index (χ3n) is 3.50. The zero-order chi connectivity index (χ0) is 13.3. The van der Waals surface area contributed by atoms with Gasteiger partial charge in [-0.1, -0.05) is 30.1 Å². The van der Waals surface area contributed by atoms with Crippen LogP contribution >= 0.6 is 23.2 Å². The lowest BCUT2D eigenvalue weighted by Crippen LogP contribution is -2.39. The molecule has 1 aliphatic heterocycles. The van der Waals surface area contributed by atoms with Gasteiger partial charge in [-0.25, -0.2) is 0 Å². The Hall–Kier alpha value is -0.770. The molecule has 1 amide bonds. The van der Waals surface area contributed by atoms with Crippen LogP contribution in [-0.2, 0) is 0 Å². The monoisotopic (exact) mass is 287 g/mol. The van der Waals surface area contributed by atoms with E-state index in [0.717, 1.165) is 6.42 Å². The van der Waals surface area contributed by atoms with E-state index >= 15 is 0 Å². The first-order chi connectivity index (χ1) is 8.54. The summed E-state index contributed by atoms with van der Waals surface area (Å²) in [6, 6.07) is 4.74. The summed E-state index contributed by atoms with van der Waals surface area (Å²) < 4.78 is 0. The van der Waals surface area contributed by atoms with Crippen molar-refractivity contribution in [2.24, 2.45) is 5.92 Å². The second-order valence-electron chi connectivity index (χ2n) is 4.64. The molecular weight excluding hydrogens is 273 g/mol. The quantitative estimate of drug-likeness (QED) is 0.909. The van der Waals surface area contributed by atoms with Crippen molar-refractivity contribution in [1.82, 2.24) is 4.90 Å². The average molecular weight is 288 g/mol. The third-order valence-corrected chi connectivity index (χ3v) is 4.24. The fourth-order valence-corrected chi connectivity index (χ4v) is 2.63.